The monoisotopic (exact) mass is 307 g/mol. The number of hydrogen-bond acceptors (Lipinski definition) is 3. The quantitative estimate of drug-likeness (QED) is 0.635. The van der Waals surface area contributed by atoms with Gasteiger partial charge in [0.05, 0.1) is 4.92 Å². The molecule has 4 nitrogen and oxygen atoms in total. The number of halogens is 1. The lowest BCUT2D eigenvalue weighted by Gasteiger charge is -2.06. The molecule has 0 amide bonds. The molecule has 5 heteroatoms. The molecule has 0 aromatic heterocycles. The fraction of sp³-hybridized carbons (Fsp3) is 0.0769. The van der Waals surface area contributed by atoms with E-state index in [1.165, 1.54) is 6.07 Å². The number of nitro groups is 1. The Morgan fingerprint density at radius 3 is 2.44 bits per heavy atom. The molecule has 2 rings (SSSR count). The number of para-hydroxylation sites is 2. The Kier molecular flexibility index (Phi) is 3.94. The molecule has 0 unspecified atom stereocenters. The first kappa shape index (κ1) is 12.6. The van der Waals surface area contributed by atoms with E-state index in [1.807, 2.05) is 24.3 Å². The summed E-state index contributed by atoms with van der Waals surface area (Å²) >= 11 is 3.34. The Morgan fingerprint density at radius 2 is 1.78 bits per heavy atom. The lowest BCUT2D eigenvalue weighted by atomic mass is 10.2. The van der Waals surface area contributed by atoms with Gasteiger partial charge in [-0.1, -0.05) is 40.2 Å². The average Bonchev–Trinajstić information content (AvgIpc) is 2.38. The first-order valence-corrected chi connectivity index (χ1v) is 6.07. The molecule has 0 N–H and O–H groups in total. The van der Waals surface area contributed by atoms with Crippen molar-refractivity contribution in [3.63, 3.8) is 0 Å². The molecule has 0 atom stereocenters. The first-order chi connectivity index (χ1) is 8.66. The number of nitrogens with zero attached hydrogens (tertiary/aromatic N) is 1. The van der Waals surface area contributed by atoms with Gasteiger partial charge >= 0.3 is 5.69 Å². The predicted molar refractivity (Wildman–Crippen MR) is 71.6 cm³/mol. The molecule has 0 saturated carbocycles. The average molecular weight is 308 g/mol. The first-order valence-electron chi connectivity index (χ1n) is 5.27. The van der Waals surface area contributed by atoms with Crippen molar-refractivity contribution in [2.45, 2.75) is 6.61 Å². The van der Waals surface area contributed by atoms with E-state index in [1.54, 1.807) is 18.2 Å². The van der Waals surface area contributed by atoms with Crippen molar-refractivity contribution in [2.75, 3.05) is 0 Å². The van der Waals surface area contributed by atoms with Crippen LogP contribution >= 0.6 is 15.9 Å². The molecule has 0 aliphatic rings. The summed E-state index contributed by atoms with van der Waals surface area (Å²) in [7, 11) is 0. The molecular weight excluding hydrogens is 298 g/mol. The van der Waals surface area contributed by atoms with Crippen LogP contribution in [0.2, 0.25) is 0 Å². The van der Waals surface area contributed by atoms with Gasteiger partial charge in [0, 0.05) is 10.5 Å². The number of rotatable bonds is 4. The Hall–Kier alpha value is -1.88. The number of ether oxygens (including phenoxy) is 1. The van der Waals surface area contributed by atoms with Crippen LogP contribution in [0.3, 0.4) is 0 Å². The summed E-state index contributed by atoms with van der Waals surface area (Å²) in [5.41, 5.74) is 0.936. The van der Waals surface area contributed by atoms with E-state index < -0.39 is 4.92 Å². The Morgan fingerprint density at radius 1 is 1.11 bits per heavy atom. The largest absolute Gasteiger partial charge is 0.482 e. The predicted octanol–water partition coefficient (Wildman–Crippen LogP) is 3.94. The van der Waals surface area contributed by atoms with Gasteiger partial charge in [0.2, 0.25) is 0 Å². The number of benzene rings is 2. The van der Waals surface area contributed by atoms with Gasteiger partial charge in [0.15, 0.2) is 5.75 Å². The van der Waals surface area contributed by atoms with Crippen LogP contribution in [0.25, 0.3) is 0 Å². The summed E-state index contributed by atoms with van der Waals surface area (Å²) < 4.78 is 6.45. The van der Waals surface area contributed by atoms with Gasteiger partial charge in [-0.3, -0.25) is 10.1 Å². The van der Waals surface area contributed by atoms with E-state index in [2.05, 4.69) is 15.9 Å². The normalized spacial score (nSPS) is 10.1. The minimum Gasteiger partial charge on any atom is -0.482 e. The maximum atomic E-state index is 10.8. The molecular formula is C13H10BrNO3. The van der Waals surface area contributed by atoms with Gasteiger partial charge in [0.1, 0.15) is 6.61 Å². The summed E-state index contributed by atoms with van der Waals surface area (Å²) in [6.07, 6.45) is 0. The molecule has 0 bridgehead atoms. The third kappa shape index (κ3) is 3.07. The lowest BCUT2D eigenvalue weighted by molar-refractivity contribution is -0.385. The highest BCUT2D eigenvalue weighted by molar-refractivity contribution is 9.10. The van der Waals surface area contributed by atoms with Crippen LogP contribution in [-0.4, -0.2) is 4.92 Å². The van der Waals surface area contributed by atoms with Gasteiger partial charge in [-0.15, -0.1) is 0 Å². The van der Waals surface area contributed by atoms with E-state index in [4.69, 9.17) is 4.74 Å². The molecule has 0 aliphatic heterocycles. The molecule has 92 valence electrons. The van der Waals surface area contributed by atoms with Crippen molar-refractivity contribution in [1.29, 1.82) is 0 Å². The van der Waals surface area contributed by atoms with Crippen molar-refractivity contribution in [3.05, 3.63) is 68.7 Å². The summed E-state index contributed by atoms with van der Waals surface area (Å²) in [6.45, 7) is 0.304. The maximum Gasteiger partial charge on any atom is 0.310 e. The number of hydrogen-bond donors (Lipinski definition) is 0. The van der Waals surface area contributed by atoms with Gasteiger partial charge in [0.25, 0.3) is 0 Å². The van der Waals surface area contributed by atoms with Gasteiger partial charge in [-0.25, -0.2) is 0 Å². The molecule has 0 fully saturated rings. The fourth-order valence-electron chi connectivity index (χ4n) is 1.47. The van der Waals surface area contributed by atoms with Crippen molar-refractivity contribution in [2.24, 2.45) is 0 Å². The minimum atomic E-state index is -0.448. The topological polar surface area (TPSA) is 52.4 Å². The molecule has 0 aliphatic carbocycles. The second-order valence-electron chi connectivity index (χ2n) is 3.64. The van der Waals surface area contributed by atoms with Gasteiger partial charge in [-0.2, -0.15) is 0 Å². The van der Waals surface area contributed by atoms with Gasteiger partial charge in [-0.05, 0) is 23.8 Å². The SMILES string of the molecule is O=[N+]([O-])c1ccccc1OCc1ccc(Br)cc1. The molecule has 2 aromatic carbocycles. The highest BCUT2D eigenvalue weighted by atomic mass is 79.9. The highest BCUT2D eigenvalue weighted by Crippen LogP contribution is 2.26. The Labute approximate surface area is 112 Å². The van der Waals surface area contributed by atoms with Crippen molar-refractivity contribution in [3.8, 4) is 5.75 Å². The van der Waals surface area contributed by atoms with Crippen molar-refractivity contribution >= 4 is 21.6 Å². The van der Waals surface area contributed by atoms with Crippen LogP contribution in [0, 0.1) is 10.1 Å². The molecule has 0 heterocycles. The van der Waals surface area contributed by atoms with Crippen molar-refractivity contribution < 1.29 is 9.66 Å². The van der Waals surface area contributed by atoms with Crippen LogP contribution in [0.15, 0.2) is 53.0 Å². The van der Waals surface area contributed by atoms with Crippen LogP contribution in [0.1, 0.15) is 5.56 Å². The van der Waals surface area contributed by atoms with E-state index in [-0.39, 0.29) is 11.4 Å². The summed E-state index contributed by atoms with van der Waals surface area (Å²) in [6, 6.07) is 14.0. The Bertz CT molecular complexity index is 554. The standard InChI is InChI=1S/C13H10BrNO3/c14-11-7-5-10(6-8-11)9-18-13-4-2-1-3-12(13)15(16)17/h1-8H,9H2. The zero-order chi connectivity index (χ0) is 13.0. The van der Waals surface area contributed by atoms with E-state index in [9.17, 15) is 10.1 Å². The third-order valence-electron chi connectivity index (χ3n) is 2.37. The van der Waals surface area contributed by atoms with E-state index >= 15 is 0 Å². The van der Waals surface area contributed by atoms with Crippen LogP contribution in [-0.2, 0) is 6.61 Å². The smallest absolute Gasteiger partial charge is 0.310 e. The second-order valence-corrected chi connectivity index (χ2v) is 4.56. The van der Waals surface area contributed by atoms with Crippen LogP contribution in [0.4, 0.5) is 5.69 Å². The van der Waals surface area contributed by atoms with Crippen LogP contribution < -0.4 is 4.74 Å². The van der Waals surface area contributed by atoms with Crippen molar-refractivity contribution in [1.82, 2.24) is 0 Å². The summed E-state index contributed by atoms with van der Waals surface area (Å²) in [5, 5.41) is 10.8. The maximum absolute atomic E-state index is 10.8. The zero-order valence-electron chi connectivity index (χ0n) is 9.38. The highest BCUT2D eigenvalue weighted by Gasteiger charge is 2.13. The van der Waals surface area contributed by atoms with Crippen LogP contribution in [0.5, 0.6) is 5.75 Å². The summed E-state index contributed by atoms with van der Waals surface area (Å²) in [4.78, 5) is 10.3. The summed E-state index contributed by atoms with van der Waals surface area (Å²) in [5.74, 6) is 0.283. The molecule has 0 spiro atoms. The Balaban J connectivity index is 2.10. The third-order valence-corrected chi connectivity index (χ3v) is 2.90. The fourth-order valence-corrected chi connectivity index (χ4v) is 1.74. The number of nitro benzene ring substituents is 1. The molecule has 0 radical (unpaired) electrons. The molecule has 2 aromatic rings. The minimum absolute atomic E-state index is 0.0189. The molecule has 0 saturated heterocycles. The van der Waals surface area contributed by atoms with E-state index in [0.717, 1.165) is 10.0 Å². The second kappa shape index (κ2) is 5.64. The van der Waals surface area contributed by atoms with E-state index in [0.29, 0.717) is 6.61 Å². The zero-order valence-corrected chi connectivity index (χ0v) is 11.0. The lowest BCUT2D eigenvalue weighted by Crippen LogP contribution is -1.98. The molecule has 18 heavy (non-hydrogen) atoms. The van der Waals surface area contributed by atoms with Gasteiger partial charge < -0.3 is 4.74 Å².